The third kappa shape index (κ3) is 1.16. The summed E-state index contributed by atoms with van der Waals surface area (Å²) in [4.78, 5) is 3.84. The zero-order valence-corrected chi connectivity index (χ0v) is 7.01. The van der Waals surface area contributed by atoms with Crippen LogP contribution < -0.4 is 0 Å². The minimum Gasteiger partial charge on any atom is -0.264 e. The molecule has 66 valence electrons. The van der Waals surface area contributed by atoms with Gasteiger partial charge in [0.25, 0.3) is 0 Å². The average molecular weight is 179 g/mol. The van der Waals surface area contributed by atoms with Gasteiger partial charge in [-0.2, -0.15) is 0 Å². The molecule has 3 heteroatoms. The second kappa shape index (κ2) is 2.76. The monoisotopic (exact) mass is 179 g/mol. The number of aryl methyl sites for hydroxylation is 1. The van der Waals surface area contributed by atoms with E-state index in [2.05, 4.69) is 4.98 Å². The summed E-state index contributed by atoms with van der Waals surface area (Å²) < 4.78 is 26.0. The van der Waals surface area contributed by atoms with E-state index >= 15 is 0 Å². The summed E-state index contributed by atoms with van der Waals surface area (Å²) in [5.41, 5.74) is 0.331. The molecular formula is C10H7F2N. The Morgan fingerprint density at radius 1 is 1.31 bits per heavy atom. The van der Waals surface area contributed by atoms with E-state index in [1.54, 1.807) is 19.2 Å². The smallest absolute Gasteiger partial charge is 0.162 e. The van der Waals surface area contributed by atoms with Gasteiger partial charge in [0.1, 0.15) is 0 Å². The van der Waals surface area contributed by atoms with Gasteiger partial charge in [-0.25, -0.2) is 8.78 Å². The standard InChI is InChI=1S/C10H7F2N/c1-6-8-2-3-13-5-7(8)4-9(11)10(6)12/h2-5H,1H3. The van der Waals surface area contributed by atoms with Gasteiger partial charge in [-0.1, -0.05) is 0 Å². The lowest BCUT2D eigenvalue weighted by atomic mass is 10.1. The molecule has 1 aromatic carbocycles. The fourth-order valence-electron chi connectivity index (χ4n) is 1.36. The molecule has 0 amide bonds. The van der Waals surface area contributed by atoms with Crippen molar-refractivity contribution in [1.82, 2.24) is 4.98 Å². The summed E-state index contributed by atoms with van der Waals surface area (Å²) in [7, 11) is 0. The number of nitrogens with zero attached hydrogens (tertiary/aromatic N) is 1. The molecule has 0 radical (unpaired) electrons. The summed E-state index contributed by atoms with van der Waals surface area (Å²) in [5, 5.41) is 1.33. The molecular weight excluding hydrogens is 172 g/mol. The van der Waals surface area contributed by atoms with Crippen molar-refractivity contribution in [2.24, 2.45) is 0 Å². The lowest BCUT2D eigenvalue weighted by Gasteiger charge is -2.03. The second-order valence-corrected chi connectivity index (χ2v) is 2.89. The molecule has 0 bridgehead atoms. The Balaban J connectivity index is 2.94. The number of hydrogen-bond donors (Lipinski definition) is 0. The third-order valence-electron chi connectivity index (χ3n) is 2.08. The van der Waals surface area contributed by atoms with Crippen LogP contribution in [0.15, 0.2) is 24.5 Å². The molecule has 0 aliphatic heterocycles. The summed E-state index contributed by atoms with van der Waals surface area (Å²) in [6.45, 7) is 1.56. The Kier molecular flexibility index (Phi) is 1.72. The van der Waals surface area contributed by atoms with Crippen molar-refractivity contribution >= 4 is 10.8 Å². The van der Waals surface area contributed by atoms with E-state index in [0.717, 1.165) is 6.07 Å². The predicted molar refractivity (Wildman–Crippen MR) is 46.4 cm³/mol. The predicted octanol–water partition coefficient (Wildman–Crippen LogP) is 2.82. The van der Waals surface area contributed by atoms with E-state index in [-0.39, 0.29) is 0 Å². The molecule has 1 aromatic heterocycles. The fourth-order valence-corrected chi connectivity index (χ4v) is 1.36. The molecule has 1 heterocycles. The van der Waals surface area contributed by atoms with Gasteiger partial charge < -0.3 is 0 Å². The van der Waals surface area contributed by atoms with Crippen molar-refractivity contribution in [2.75, 3.05) is 0 Å². The molecule has 0 saturated carbocycles. The van der Waals surface area contributed by atoms with Crippen LogP contribution in [0.1, 0.15) is 5.56 Å². The van der Waals surface area contributed by atoms with Crippen LogP contribution in [0, 0.1) is 18.6 Å². The first-order valence-electron chi connectivity index (χ1n) is 3.88. The average Bonchev–Trinajstić information content (AvgIpc) is 2.15. The lowest BCUT2D eigenvalue weighted by Crippen LogP contribution is -1.90. The van der Waals surface area contributed by atoms with Crippen molar-refractivity contribution in [1.29, 1.82) is 0 Å². The fraction of sp³-hybridized carbons (Fsp3) is 0.100. The highest BCUT2D eigenvalue weighted by Gasteiger charge is 2.08. The van der Waals surface area contributed by atoms with Crippen LogP contribution in [0.3, 0.4) is 0 Å². The van der Waals surface area contributed by atoms with Gasteiger partial charge in [0.15, 0.2) is 11.6 Å². The van der Waals surface area contributed by atoms with Crippen molar-refractivity contribution in [3.05, 3.63) is 41.7 Å². The first-order chi connectivity index (χ1) is 6.20. The van der Waals surface area contributed by atoms with Crippen LogP contribution >= 0.6 is 0 Å². The summed E-state index contributed by atoms with van der Waals surface area (Å²) >= 11 is 0. The molecule has 0 spiro atoms. The highest BCUT2D eigenvalue weighted by Crippen LogP contribution is 2.22. The molecule has 13 heavy (non-hydrogen) atoms. The second-order valence-electron chi connectivity index (χ2n) is 2.89. The molecule has 0 aliphatic carbocycles. The van der Waals surface area contributed by atoms with E-state index < -0.39 is 11.6 Å². The van der Waals surface area contributed by atoms with Crippen LogP contribution in [0.25, 0.3) is 10.8 Å². The van der Waals surface area contributed by atoms with Gasteiger partial charge in [-0.15, -0.1) is 0 Å². The minimum atomic E-state index is -0.821. The highest BCUT2D eigenvalue weighted by atomic mass is 19.2. The Morgan fingerprint density at radius 2 is 2.08 bits per heavy atom. The molecule has 0 unspecified atom stereocenters. The van der Waals surface area contributed by atoms with Crippen molar-refractivity contribution in [3.8, 4) is 0 Å². The van der Waals surface area contributed by atoms with Crippen molar-refractivity contribution in [3.63, 3.8) is 0 Å². The van der Waals surface area contributed by atoms with E-state index in [1.807, 2.05) is 0 Å². The van der Waals surface area contributed by atoms with Crippen LogP contribution in [0.4, 0.5) is 8.78 Å². The van der Waals surface area contributed by atoms with E-state index in [4.69, 9.17) is 0 Å². The van der Waals surface area contributed by atoms with Crippen LogP contribution in [-0.4, -0.2) is 4.98 Å². The number of hydrogen-bond acceptors (Lipinski definition) is 1. The molecule has 2 rings (SSSR count). The van der Waals surface area contributed by atoms with Gasteiger partial charge in [0.2, 0.25) is 0 Å². The maximum Gasteiger partial charge on any atom is 0.162 e. The minimum absolute atomic E-state index is 0.331. The van der Waals surface area contributed by atoms with E-state index in [0.29, 0.717) is 16.3 Å². The van der Waals surface area contributed by atoms with Crippen LogP contribution in [0.2, 0.25) is 0 Å². The molecule has 0 saturated heterocycles. The Labute approximate surface area is 74.0 Å². The number of halogens is 2. The van der Waals surface area contributed by atoms with E-state index in [9.17, 15) is 8.78 Å². The number of pyridine rings is 1. The Morgan fingerprint density at radius 3 is 2.85 bits per heavy atom. The maximum absolute atomic E-state index is 13.1. The first-order valence-corrected chi connectivity index (χ1v) is 3.88. The maximum atomic E-state index is 13.1. The van der Waals surface area contributed by atoms with Crippen molar-refractivity contribution in [2.45, 2.75) is 6.92 Å². The van der Waals surface area contributed by atoms with Gasteiger partial charge in [0.05, 0.1) is 0 Å². The van der Waals surface area contributed by atoms with Crippen LogP contribution in [-0.2, 0) is 0 Å². The summed E-state index contributed by atoms with van der Waals surface area (Å²) in [6, 6.07) is 2.83. The summed E-state index contributed by atoms with van der Waals surface area (Å²) in [6.07, 6.45) is 3.08. The largest absolute Gasteiger partial charge is 0.264 e. The zero-order valence-electron chi connectivity index (χ0n) is 7.01. The molecule has 1 nitrogen and oxygen atoms in total. The van der Waals surface area contributed by atoms with Crippen LogP contribution in [0.5, 0.6) is 0 Å². The lowest BCUT2D eigenvalue weighted by molar-refractivity contribution is 0.506. The highest BCUT2D eigenvalue weighted by molar-refractivity contribution is 5.84. The molecule has 0 aliphatic rings. The topological polar surface area (TPSA) is 12.9 Å². The Bertz CT molecular complexity index is 466. The first kappa shape index (κ1) is 8.10. The third-order valence-corrected chi connectivity index (χ3v) is 2.08. The molecule has 0 atom stereocenters. The summed E-state index contributed by atoms with van der Waals surface area (Å²) in [5.74, 6) is -1.60. The molecule has 2 aromatic rings. The number of fused-ring (bicyclic) bond motifs is 1. The normalized spacial score (nSPS) is 10.7. The van der Waals surface area contributed by atoms with Crippen molar-refractivity contribution < 1.29 is 8.78 Å². The molecule has 0 fully saturated rings. The number of benzene rings is 1. The Hall–Kier alpha value is -1.51. The number of rotatable bonds is 0. The quantitative estimate of drug-likeness (QED) is 0.606. The van der Waals surface area contributed by atoms with Gasteiger partial charge >= 0.3 is 0 Å². The SMILES string of the molecule is Cc1c(F)c(F)cc2cnccc12. The zero-order chi connectivity index (χ0) is 9.42. The number of aromatic nitrogens is 1. The van der Waals surface area contributed by atoms with E-state index in [1.165, 1.54) is 6.20 Å². The van der Waals surface area contributed by atoms with Gasteiger partial charge in [-0.05, 0) is 30.0 Å². The van der Waals surface area contributed by atoms with Gasteiger partial charge in [0, 0.05) is 17.8 Å². The van der Waals surface area contributed by atoms with Gasteiger partial charge in [-0.3, -0.25) is 4.98 Å². The molecule has 0 N–H and O–H groups in total.